The minimum absolute atomic E-state index is 0.860. The molecule has 0 unspecified atom stereocenters. The van der Waals surface area contributed by atoms with E-state index < -0.39 is 0 Å². The van der Waals surface area contributed by atoms with Gasteiger partial charge in [-0.05, 0) is 50.0 Å². The normalized spacial score (nSPS) is 10.7. The summed E-state index contributed by atoms with van der Waals surface area (Å²) in [6, 6.07) is 8.18. The molecule has 94 valence electrons. The molecule has 0 spiro atoms. The van der Waals surface area contributed by atoms with Gasteiger partial charge in [0.05, 0.1) is 0 Å². The molecule has 2 nitrogen and oxygen atoms in total. The van der Waals surface area contributed by atoms with Crippen LogP contribution in [0.5, 0.6) is 0 Å². The Hall–Kier alpha value is -1.28. The molecule has 0 amide bonds. The van der Waals surface area contributed by atoms with Crippen molar-refractivity contribution in [1.29, 1.82) is 0 Å². The van der Waals surface area contributed by atoms with Crippen molar-refractivity contribution in [2.75, 3.05) is 25.4 Å². The Bertz CT molecular complexity index is 333. The summed E-state index contributed by atoms with van der Waals surface area (Å²) in [6.45, 7) is 9.30. The van der Waals surface area contributed by atoms with E-state index in [1.165, 1.54) is 18.4 Å². The molecular formula is C15H24N2. The average Bonchev–Trinajstić information content (AvgIpc) is 2.30. The van der Waals surface area contributed by atoms with E-state index >= 15 is 0 Å². The Kier molecular flexibility index (Phi) is 6.41. The van der Waals surface area contributed by atoms with Crippen LogP contribution in [0.1, 0.15) is 25.3 Å². The molecule has 1 aromatic rings. The Morgan fingerprint density at radius 3 is 2.82 bits per heavy atom. The van der Waals surface area contributed by atoms with E-state index in [0.717, 1.165) is 31.7 Å². The zero-order valence-electron chi connectivity index (χ0n) is 10.9. The maximum atomic E-state index is 5.76. The predicted molar refractivity (Wildman–Crippen MR) is 76.1 cm³/mol. The maximum Gasteiger partial charge on any atom is 0.0316 e. The van der Waals surface area contributed by atoms with Crippen LogP contribution in [0.25, 0.3) is 0 Å². The van der Waals surface area contributed by atoms with Crippen LogP contribution in [-0.4, -0.2) is 24.5 Å². The van der Waals surface area contributed by atoms with Crippen LogP contribution < -0.4 is 5.73 Å². The summed E-state index contributed by atoms with van der Waals surface area (Å²) in [7, 11) is 0. The molecule has 0 aliphatic rings. The zero-order valence-corrected chi connectivity index (χ0v) is 10.9. The van der Waals surface area contributed by atoms with Crippen molar-refractivity contribution in [3.8, 4) is 0 Å². The third-order valence-electron chi connectivity index (χ3n) is 2.82. The number of aryl methyl sites for hydroxylation is 1. The first-order valence-corrected chi connectivity index (χ1v) is 6.44. The number of nitrogen functional groups attached to an aromatic ring is 1. The first kappa shape index (κ1) is 13.8. The summed E-state index contributed by atoms with van der Waals surface area (Å²) in [5, 5.41) is 0. The van der Waals surface area contributed by atoms with Gasteiger partial charge in [-0.3, -0.25) is 4.90 Å². The van der Waals surface area contributed by atoms with Crippen LogP contribution in [0.3, 0.4) is 0 Å². The summed E-state index contributed by atoms with van der Waals surface area (Å²) in [6.07, 6.45) is 5.46. The average molecular weight is 232 g/mol. The molecule has 0 aromatic heterocycles. The van der Waals surface area contributed by atoms with Crippen molar-refractivity contribution < 1.29 is 0 Å². The second-order valence-electron chi connectivity index (χ2n) is 4.44. The highest BCUT2D eigenvalue weighted by Crippen LogP contribution is 2.09. The van der Waals surface area contributed by atoms with Gasteiger partial charge in [0.1, 0.15) is 0 Å². The molecule has 0 radical (unpaired) electrons. The summed E-state index contributed by atoms with van der Waals surface area (Å²) in [5.74, 6) is 0. The van der Waals surface area contributed by atoms with Crippen molar-refractivity contribution in [3.63, 3.8) is 0 Å². The number of hydrogen-bond donors (Lipinski definition) is 1. The van der Waals surface area contributed by atoms with E-state index in [-0.39, 0.29) is 0 Å². The Balaban J connectivity index is 2.32. The van der Waals surface area contributed by atoms with Crippen molar-refractivity contribution in [2.24, 2.45) is 0 Å². The van der Waals surface area contributed by atoms with Crippen LogP contribution in [0.2, 0.25) is 0 Å². The molecule has 2 N–H and O–H groups in total. The highest BCUT2D eigenvalue weighted by molar-refractivity contribution is 5.40. The second kappa shape index (κ2) is 7.91. The molecule has 2 heteroatoms. The van der Waals surface area contributed by atoms with E-state index in [9.17, 15) is 0 Å². The molecule has 1 rings (SSSR count). The fraction of sp³-hybridized carbons (Fsp3) is 0.467. The molecule has 0 bridgehead atoms. The van der Waals surface area contributed by atoms with Crippen LogP contribution in [0.4, 0.5) is 5.69 Å². The summed E-state index contributed by atoms with van der Waals surface area (Å²) >= 11 is 0. The van der Waals surface area contributed by atoms with Crippen LogP contribution >= 0.6 is 0 Å². The van der Waals surface area contributed by atoms with Crippen LogP contribution in [0, 0.1) is 0 Å². The molecule has 0 fully saturated rings. The van der Waals surface area contributed by atoms with Gasteiger partial charge in [0.25, 0.3) is 0 Å². The molecular weight excluding hydrogens is 208 g/mol. The third kappa shape index (κ3) is 5.55. The molecule has 0 heterocycles. The van der Waals surface area contributed by atoms with Crippen LogP contribution in [-0.2, 0) is 6.42 Å². The van der Waals surface area contributed by atoms with Gasteiger partial charge in [-0.15, -0.1) is 6.58 Å². The highest BCUT2D eigenvalue weighted by atomic mass is 15.1. The lowest BCUT2D eigenvalue weighted by Gasteiger charge is -2.19. The zero-order chi connectivity index (χ0) is 12.5. The predicted octanol–water partition coefficient (Wildman–Crippen LogP) is 3.10. The molecule has 0 saturated carbocycles. The van der Waals surface area contributed by atoms with Crippen molar-refractivity contribution in [2.45, 2.75) is 26.2 Å². The molecule has 0 atom stereocenters. The lowest BCUT2D eigenvalue weighted by Crippen LogP contribution is -2.26. The van der Waals surface area contributed by atoms with Gasteiger partial charge in [0, 0.05) is 12.2 Å². The second-order valence-corrected chi connectivity index (χ2v) is 4.44. The number of hydrogen-bond acceptors (Lipinski definition) is 2. The SMILES string of the molecule is C=CCN(CCC)CCCc1cccc(N)c1. The van der Waals surface area contributed by atoms with Gasteiger partial charge in [0.2, 0.25) is 0 Å². The maximum absolute atomic E-state index is 5.76. The number of nitrogens with zero attached hydrogens (tertiary/aromatic N) is 1. The minimum Gasteiger partial charge on any atom is -0.399 e. The Labute approximate surface area is 105 Å². The van der Waals surface area contributed by atoms with Crippen LogP contribution in [0.15, 0.2) is 36.9 Å². The lowest BCUT2D eigenvalue weighted by atomic mass is 10.1. The highest BCUT2D eigenvalue weighted by Gasteiger charge is 2.01. The van der Waals surface area contributed by atoms with Gasteiger partial charge >= 0.3 is 0 Å². The fourth-order valence-corrected chi connectivity index (χ4v) is 2.05. The largest absolute Gasteiger partial charge is 0.399 e. The molecule has 1 aromatic carbocycles. The van der Waals surface area contributed by atoms with E-state index in [0.29, 0.717) is 0 Å². The molecule has 17 heavy (non-hydrogen) atoms. The summed E-state index contributed by atoms with van der Waals surface area (Å²) in [5.41, 5.74) is 7.96. The molecule has 0 aliphatic heterocycles. The van der Waals surface area contributed by atoms with Crippen molar-refractivity contribution in [3.05, 3.63) is 42.5 Å². The smallest absolute Gasteiger partial charge is 0.0316 e. The Morgan fingerprint density at radius 2 is 2.18 bits per heavy atom. The molecule has 0 saturated heterocycles. The topological polar surface area (TPSA) is 29.3 Å². The number of anilines is 1. The van der Waals surface area contributed by atoms with Gasteiger partial charge in [-0.1, -0.05) is 25.1 Å². The fourth-order valence-electron chi connectivity index (χ4n) is 2.05. The van der Waals surface area contributed by atoms with Crippen molar-refractivity contribution >= 4 is 5.69 Å². The number of benzene rings is 1. The summed E-state index contributed by atoms with van der Waals surface area (Å²) < 4.78 is 0. The van der Waals surface area contributed by atoms with Gasteiger partial charge < -0.3 is 5.73 Å². The van der Waals surface area contributed by atoms with Gasteiger partial charge in [-0.2, -0.15) is 0 Å². The standard InChI is InChI=1S/C15H24N2/c1-3-10-17(11-4-2)12-6-8-14-7-5-9-15(16)13-14/h3,5,7,9,13H,1,4,6,8,10-12,16H2,2H3. The first-order chi connectivity index (χ1) is 8.26. The molecule has 0 aliphatic carbocycles. The summed E-state index contributed by atoms with van der Waals surface area (Å²) in [4.78, 5) is 2.44. The lowest BCUT2D eigenvalue weighted by molar-refractivity contribution is 0.299. The third-order valence-corrected chi connectivity index (χ3v) is 2.82. The van der Waals surface area contributed by atoms with Crippen molar-refractivity contribution in [1.82, 2.24) is 4.90 Å². The quantitative estimate of drug-likeness (QED) is 0.551. The first-order valence-electron chi connectivity index (χ1n) is 6.44. The van der Waals surface area contributed by atoms with E-state index in [1.807, 2.05) is 18.2 Å². The van der Waals surface area contributed by atoms with E-state index in [4.69, 9.17) is 5.73 Å². The monoisotopic (exact) mass is 232 g/mol. The van der Waals surface area contributed by atoms with E-state index in [1.54, 1.807) is 0 Å². The minimum atomic E-state index is 0.860. The Morgan fingerprint density at radius 1 is 1.35 bits per heavy atom. The number of rotatable bonds is 8. The van der Waals surface area contributed by atoms with Gasteiger partial charge in [-0.25, -0.2) is 0 Å². The van der Waals surface area contributed by atoms with E-state index in [2.05, 4.69) is 30.5 Å². The number of nitrogens with two attached hydrogens (primary N) is 1. The van der Waals surface area contributed by atoms with Gasteiger partial charge in [0.15, 0.2) is 0 Å².